The summed E-state index contributed by atoms with van der Waals surface area (Å²) in [6.45, 7) is 6.69. The van der Waals surface area contributed by atoms with E-state index in [9.17, 15) is 0 Å². The number of unbranched alkanes of at least 4 members (excludes halogenated alkanes) is 2. The third kappa shape index (κ3) is 7.80. The molecule has 0 aliphatic rings. The molecule has 0 saturated heterocycles. The zero-order valence-electron chi connectivity index (χ0n) is 8.97. The van der Waals surface area contributed by atoms with Crippen LogP contribution in [0.4, 0.5) is 0 Å². The van der Waals surface area contributed by atoms with Crippen LogP contribution in [0.1, 0.15) is 46.0 Å². The van der Waals surface area contributed by atoms with E-state index >= 15 is 0 Å². The van der Waals surface area contributed by atoms with Crippen LogP contribution in [0.5, 0.6) is 0 Å². The number of rotatable bonds is 8. The van der Waals surface area contributed by atoms with Gasteiger partial charge < -0.3 is 5.32 Å². The molecular formula is C11H22N2. The maximum absolute atomic E-state index is 8.32. The van der Waals surface area contributed by atoms with Crippen LogP contribution in [0.3, 0.4) is 0 Å². The van der Waals surface area contributed by atoms with Crippen molar-refractivity contribution < 1.29 is 0 Å². The molecule has 0 unspecified atom stereocenters. The molecule has 0 aliphatic heterocycles. The number of nitrogens with one attached hydrogen (secondary N) is 1. The Morgan fingerprint density at radius 2 is 1.92 bits per heavy atom. The van der Waals surface area contributed by atoms with Gasteiger partial charge in [-0.2, -0.15) is 5.26 Å². The van der Waals surface area contributed by atoms with Crippen molar-refractivity contribution in [1.29, 1.82) is 5.26 Å². The van der Waals surface area contributed by atoms with E-state index < -0.39 is 0 Å². The van der Waals surface area contributed by atoms with Gasteiger partial charge in [0, 0.05) is 6.42 Å². The molecule has 0 spiro atoms. The minimum absolute atomic E-state index is 0.701. The molecule has 0 amide bonds. The molecule has 0 rings (SSSR count). The highest BCUT2D eigenvalue weighted by molar-refractivity contribution is 4.68. The van der Waals surface area contributed by atoms with Gasteiger partial charge in [0.1, 0.15) is 0 Å². The Hall–Kier alpha value is -0.550. The van der Waals surface area contributed by atoms with Crippen LogP contribution in [-0.4, -0.2) is 13.1 Å². The SMILES string of the molecule is CCC(CC)CNCCCCC#N. The monoisotopic (exact) mass is 182 g/mol. The first kappa shape index (κ1) is 12.4. The number of nitrogens with zero attached hydrogens (tertiary/aromatic N) is 1. The van der Waals surface area contributed by atoms with Crippen LogP contribution in [0.25, 0.3) is 0 Å². The molecule has 0 radical (unpaired) electrons. The molecule has 1 N–H and O–H groups in total. The lowest BCUT2D eigenvalue weighted by Crippen LogP contribution is -2.23. The van der Waals surface area contributed by atoms with Crippen LogP contribution in [-0.2, 0) is 0 Å². The zero-order valence-corrected chi connectivity index (χ0v) is 8.97. The van der Waals surface area contributed by atoms with Crippen molar-refractivity contribution in [3.63, 3.8) is 0 Å². The molecule has 13 heavy (non-hydrogen) atoms. The van der Waals surface area contributed by atoms with Crippen LogP contribution in [0.15, 0.2) is 0 Å². The lowest BCUT2D eigenvalue weighted by molar-refractivity contribution is 0.446. The summed E-state index contributed by atoms with van der Waals surface area (Å²) in [5, 5.41) is 11.8. The standard InChI is InChI=1S/C11H22N2/c1-3-11(4-2)10-13-9-7-5-6-8-12/h11,13H,3-7,9-10H2,1-2H3. The van der Waals surface area contributed by atoms with Crippen LogP contribution in [0, 0.1) is 17.2 Å². The van der Waals surface area contributed by atoms with Crippen molar-refractivity contribution in [2.24, 2.45) is 5.92 Å². The van der Waals surface area contributed by atoms with Crippen molar-refractivity contribution in [3.05, 3.63) is 0 Å². The normalized spacial score (nSPS) is 10.3. The molecule has 0 fully saturated rings. The number of nitriles is 1. The Balaban J connectivity index is 3.11. The summed E-state index contributed by atoms with van der Waals surface area (Å²) < 4.78 is 0. The minimum Gasteiger partial charge on any atom is -0.316 e. The second-order valence-electron chi connectivity index (χ2n) is 3.50. The van der Waals surface area contributed by atoms with Gasteiger partial charge in [-0.3, -0.25) is 0 Å². The van der Waals surface area contributed by atoms with Gasteiger partial charge in [0.25, 0.3) is 0 Å². The Labute approximate surface area is 82.3 Å². The fourth-order valence-electron chi connectivity index (χ4n) is 1.34. The molecule has 0 aromatic rings. The van der Waals surface area contributed by atoms with Crippen molar-refractivity contribution in [2.75, 3.05) is 13.1 Å². The largest absolute Gasteiger partial charge is 0.316 e. The van der Waals surface area contributed by atoms with Gasteiger partial charge in [0.2, 0.25) is 0 Å². The maximum Gasteiger partial charge on any atom is 0.0621 e. The summed E-state index contributed by atoms with van der Waals surface area (Å²) in [5.41, 5.74) is 0. The zero-order chi connectivity index (χ0) is 9.94. The summed E-state index contributed by atoms with van der Waals surface area (Å²) >= 11 is 0. The van der Waals surface area contributed by atoms with Crippen molar-refractivity contribution in [3.8, 4) is 6.07 Å². The highest BCUT2D eigenvalue weighted by Gasteiger charge is 2.00. The topological polar surface area (TPSA) is 35.8 Å². The van der Waals surface area contributed by atoms with Gasteiger partial charge in [-0.1, -0.05) is 26.7 Å². The molecule has 0 saturated carbocycles. The molecule has 76 valence electrons. The molecule has 2 heteroatoms. The van der Waals surface area contributed by atoms with E-state index in [0.29, 0.717) is 6.42 Å². The van der Waals surface area contributed by atoms with E-state index in [2.05, 4.69) is 25.2 Å². The summed E-state index contributed by atoms with van der Waals surface area (Å²) in [4.78, 5) is 0. The maximum atomic E-state index is 8.32. The fraction of sp³-hybridized carbons (Fsp3) is 0.909. The molecule has 0 bridgehead atoms. The van der Waals surface area contributed by atoms with Gasteiger partial charge in [0.15, 0.2) is 0 Å². The highest BCUT2D eigenvalue weighted by Crippen LogP contribution is 2.04. The van der Waals surface area contributed by atoms with E-state index in [-0.39, 0.29) is 0 Å². The predicted molar refractivity (Wildman–Crippen MR) is 56.4 cm³/mol. The van der Waals surface area contributed by atoms with Gasteiger partial charge in [-0.15, -0.1) is 0 Å². The molecule has 0 aromatic carbocycles. The second kappa shape index (κ2) is 9.54. The summed E-state index contributed by atoms with van der Waals surface area (Å²) in [6.07, 6.45) is 5.40. The van der Waals surface area contributed by atoms with Gasteiger partial charge in [0.05, 0.1) is 6.07 Å². The third-order valence-corrected chi connectivity index (χ3v) is 2.48. The second-order valence-corrected chi connectivity index (χ2v) is 3.50. The lowest BCUT2D eigenvalue weighted by atomic mass is 10.0. The van der Waals surface area contributed by atoms with Crippen LogP contribution in [0.2, 0.25) is 0 Å². The predicted octanol–water partition coefficient (Wildman–Crippen LogP) is 2.71. The Morgan fingerprint density at radius 1 is 1.23 bits per heavy atom. The first-order valence-corrected chi connectivity index (χ1v) is 5.42. The smallest absolute Gasteiger partial charge is 0.0621 e. The first-order valence-electron chi connectivity index (χ1n) is 5.42. The van der Waals surface area contributed by atoms with E-state index in [1.54, 1.807) is 0 Å². The fourth-order valence-corrected chi connectivity index (χ4v) is 1.34. The lowest BCUT2D eigenvalue weighted by Gasteiger charge is -2.12. The molecule has 2 nitrogen and oxygen atoms in total. The summed E-state index contributed by atoms with van der Waals surface area (Å²) in [6, 6.07) is 2.16. The van der Waals surface area contributed by atoms with Crippen molar-refractivity contribution >= 4 is 0 Å². The first-order chi connectivity index (χ1) is 6.35. The van der Waals surface area contributed by atoms with E-state index in [0.717, 1.165) is 31.8 Å². The molecule has 0 heterocycles. The average molecular weight is 182 g/mol. The van der Waals surface area contributed by atoms with E-state index in [1.165, 1.54) is 12.8 Å². The Bertz CT molecular complexity index is 134. The number of hydrogen-bond acceptors (Lipinski definition) is 2. The number of hydrogen-bond donors (Lipinski definition) is 1. The highest BCUT2D eigenvalue weighted by atomic mass is 14.8. The Morgan fingerprint density at radius 3 is 2.46 bits per heavy atom. The van der Waals surface area contributed by atoms with Gasteiger partial charge >= 0.3 is 0 Å². The molecule has 0 atom stereocenters. The van der Waals surface area contributed by atoms with Crippen LogP contribution >= 0.6 is 0 Å². The molecule has 0 aromatic heterocycles. The van der Waals surface area contributed by atoms with Gasteiger partial charge in [-0.05, 0) is 31.8 Å². The molecular weight excluding hydrogens is 160 g/mol. The van der Waals surface area contributed by atoms with Crippen LogP contribution < -0.4 is 5.32 Å². The summed E-state index contributed by atoms with van der Waals surface area (Å²) in [7, 11) is 0. The van der Waals surface area contributed by atoms with Crippen molar-refractivity contribution in [1.82, 2.24) is 5.32 Å². The summed E-state index contributed by atoms with van der Waals surface area (Å²) in [5.74, 6) is 0.830. The molecule has 0 aliphatic carbocycles. The van der Waals surface area contributed by atoms with E-state index in [1.807, 2.05) is 0 Å². The minimum atomic E-state index is 0.701. The average Bonchev–Trinajstić information content (AvgIpc) is 2.17. The van der Waals surface area contributed by atoms with Crippen molar-refractivity contribution in [2.45, 2.75) is 46.0 Å². The Kier molecular flexibility index (Phi) is 9.13. The van der Waals surface area contributed by atoms with Gasteiger partial charge in [-0.25, -0.2) is 0 Å². The van der Waals surface area contributed by atoms with E-state index in [4.69, 9.17) is 5.26 Å². The third-order valence-electron chi connectivity index (χ3n) is 2.48. The quantitative estimate of drug-likeness (QED) is 0.586.